The van der Waals surface area contributed by atoms with Crippen LogP contribution in [-0.4, -0.2) is 52.0 Å². The monoisotopic (exact) mass is 504 g/mol. The third-order valence-corrected chi connectivity index (χ3v) is 5.52. The van der Waals surface area contributed by atoms with Gasteiger partial charge < -0.3 is 19.5 Å². The number of ether oxygens (including phenoxy) is 3. The summed E-state index contributed by atoms with van der Waals surface area (Å²) in [6.45, 7) is 7.91. The molecule has 2 heterocycles. The lowest BCUT2D eigenvalue weighted by Crippen LogP contribution is -2.27. The Morgan fingerprint density at radius 3 is 2.38 bits per heavy atom. The molecule has 0 saturated carbocycles. The van der Waals surface area contributed by atoms with Crippen molar-refractivity contribution in [2.45, 2.75) is 45.8 Å². The normalized spacial score (nSPS) is 13.7. The van der Waals surface area contributed by atoms with Gasteiger partial charge in [-0.25, -0.2) is 14.8 Å². The smallest absolute Gasteiger partial charge is 0.344 e. The quantitative estimate of drug-likeness (QED) is 0.413. The molecule has 1 fully saturated rings. The van der Waals surface area contributed by atoms with Gasteiger partial charge in [0, 0.05) is 30.2 Å². The first-order valence-corrected chi connectivity index (χ1v) is 12.3. The van der Waals surface area contributed by atoms with Gasteiger partial charge in [-0.1, -0.05) is 18.2 Å². The van der Waals surface area contributed by atoms with Crippen LogP contribution in [0.3, 0.4) is 0 Å². The number of para-hydroxylation sites is 1. The van der Waals surface area contributed by atoms with Gasteiger partial charge in [0.05, 0.1) is 5.56 Å². The Balaban J connectivity index is 1.43. The fourth-order valence-electron chi connectivity index (χ4n) is 3.89. The first-order valence-electron chi connectivity index (χ1n) is 12.3. The molecule has 9 nitrogen and oxygen atoms in total. The lowest BCUT2D eigenvalue weighted by Gasteiger charge is -2.21. The van der Waals surface area contributed by atoms with E-state index in [2.05, 4.69) is 20.2 Å². The van der Waals surface area contributed by atoms with E-state index in [1.165, 1.54) is 12.4 Å². The maximum Gasteiger partial charge on any atom is 0.344 e. The van der Waals surface area contributed by atoms with Gasteiger partial charge in [-0.2, -0.15) is 0 Å². The first-order chi connectivity index (χ1) is 17.7. The summed E-state index contributed by atoms with van der Waals surface area (Å²) >= 11 is 0. The fourth-order valence-corrected chi connectivity index (χ4v) is 3.89. The van der Waals surface area contributed by atoms with Crippen molar-refractivity contribution >= 4 is 17.6 Å². The SMILES string of the molecule is CC(C)(C)OC(=O)COc1ccc(NC(=O)c2cnc(Oc3ccccc3)nc2)cc1CN1CCCC1. The predicted octanol–water partition coefficient (Wildman–Crippen LogP) is 4.84. The van der Waals surface area contributed by atoms with Gasteiger partial charge in [-0.05, 0) is 77.0 Å². The van der Waals surface area contributed by atoms with Gasteiger partial charge in [-0.3, -0.25) is 9.69 Å². The molecule has 0 spiro atoms. The number of hydrogen-bond acceptors (Lipinski definition) is 8. The summed E-state index contributed by atoms with van der Waals surface area (Å²) in [6.07, 6.45) is 5.14. The number of benzene rings is 2. The zero-order valence-corrected chi connectivity index (χ0v) is 21.4. The van der Waals surface area contributed by atoms with E-state index < -0.39 is 11.6 Å². The first kappa shape index (κ1) is 26.1. The molecule has 0 bridgehead atoms. The Morgan fingerprint density at radius 1 is 1.00 bits per heavy atom. The summed E-state index contributed by atoms with van der Waals surface area (Å²) in [5.41, 5.74) is 1.20. The average molecular weight is 505 g/mol. The molecule has 9 heteroatoms. The lowest BCUT2D eigenvalue weighted by atomic mass is 10.1. The van der Waals surface area contributed by atoms with Crippen molar-refractivity contribution in [1.29, 1.82) is 0 Å². The summed E-state index contributed by atoms with van der Waals surface area (Å²) < 4.78 is 16.7. The van der Waals surface area contributed by atoms with Gasteiger partial charge >= 0.3 is 12.0 Å². The molecule has 0 aliphatic carbocycles. The highest BCUT2D eigenvalue weighted by atomic mass is 16.6. The van der Waals surface area contributed by atoms with Crippen molar-refractivity contribution in [3.05, 3.63) is 72.1 Å². The fraction of sp³-hybridized carbons (Fsp3) is 0.357. The zero-order chi connectivity index (χ0) is 26.3. The van der Waals surface area contributed by atoms with Gasteiger partial charge in [0.1, 0.15) is 17.1 Å². The predicted molar refractivity (Wildman–Crippen MR) is 139 cm³/mol. The second-order valence-electron chi connectivity index (χ2n) is 9.80. The molecule has 1 N–H and O–H groups in total. The van der Waals surface area contributed by atoms with Crippen molar-refractivity contribution < 1.29 is 23.8 Å². The largest absolute Gasteiger partial charge is 0.482 e. The second kappa shape index (κ2) is 11.8. The molecule has 1 aliphatic heterocycles. The van der Waals surface area contributed by atoms with Crippen molar-refractivity contribution in [3.63, 3.8) is 0 Å². The standard InChI is InChI=1S/C28H32N4O5/c1-28(2,3)37-25(33)19-35-24-12-11-22(15-20(24)18-32-13-7-8-14-32)31-26(34)21-16-29-27(30-17-21)36-23-9-5-4-6-10-23/h4-6,9-12,15-17H,7-8,13-14,18-19H2,1-3H3,(H,31,34). The number of hydrogen-bond donors (Lipinski definition) is 1. The molecule has 1 saturated heterocycles. The summed E-state index contributed by atoms with van der Waals surface area (Å²) in [5, 5.41) is 2.89. The Hall–Kier alpha value is -3.98. The maximum absolute atomic E-state index is 12.8. The molecule has 1 aliphatic rings. The highest BCUT2D eigenvalue weighted by Crippen LogP contribution is 2.27. The number of amides is 1. The van der Waals surface area contributed by atoms with Crippen molar-refractivity contribution in [3.8, 4) is 17.5 Å². The van der Waals surface area contributed by atoms with Crippen LogP contribution in [0, 0.1) is 0 Å². The van der Waals surface area contributed by atoms with Crippen molar-refractivity contribution in [2.24, 2.45) is 0 Å². The molecular weight excluding hydrogens is 472 g/mol. The number of carbonyl (C=O) groups is 2. The molecule has 4 rings (SSSR count). The van der Waals surface area contributed by atoms with Gasteiger partial charge in [0.15, 0.2) is 6.61 Å². The number of nitrogens with zero attached hydrogens (tertiary/aromatic N) is 3. The zero-order valence-electron chi connectivity index (χ0n) is 21.4. The Morgan fingerprint density at radius 2 is 1.70 bits per heavy atom. The van der Waals surface area contributed by atoms with Crippen LogP contribution in [0.15, 0.2) is 60.9 Å². The Labute approximate surface area is 216 Å². The molecule has 2 aromatic carbocycles. The molecule has 37 heavy (non-hydrogen) atoms. The minimum Gasteiger partial charge on any atom is -0.482 e. The Kier molecular flexibility index (Phi) is 8.35. The average Bonchev–Trinajstić information content (AvgIpc) is 3.37. The molecule has 0 atom stereocenters. The van der Waals surface area contributed by atoms with E-state index in [0.717, 1.165) is 31.5 Å². The highest BCUT2D eigenvalue weighted by molar-refractivity contribution is 6.03. The van der Waals surface area contributed by atoms with Gasteiger partial charge in [0.2, 0.25) is 0 Å². The van der Waals surface area contributed by atoms with Crippen LogP contribution in [0.5, 0.6) is 17.5 Å². The van der Waals surface area contributed by atoms with Crippen LogP contribution in [0.2, 0.25) is 0 Å². The number of likely N-dealkylation sites (tertiary alicyclic amines) is 1. The van der Waals surface area contributed by atoms with Crippen LogP contribution >= 0.6 is 0 Å². The van der Waals surface area contributed by atoms with E-state index in [1.807, 2.05) is 45.0 Å². The molecule has 1 aromatic heterocycles. The minimum absolute atomic E-state index is 0.155. The molecule has 194 valence electrons. The van der Waals surface area contributed by atoms with E-state index in [0.29, 0.717) is 29.3 Å². The molecule has 1 amide bonds. The number of anilines is 1. The minimum atomic E-state index is -0.581. The second-order valence-corrected chi connectivity index (χ2v) is 9.80. The van der Waals surface area contributed by atoms with Crippen LogP contribution < -0.4 is 14.8 Å². The summed E-state index contributed by atoms with van der Waals surface area (Å²) in [6, 6.07) is 14.7. The number of nitrogens with one attached hydrogen (secondary N) is 1. The summed E-state index contributed by atoms with van der Waals surface area (Å²) in [5.74, 6) is 0.415. The summed E-state index contributed by atoms with van der Waals surface area (Å²) in [7, 11) is 0. The number of esters is 1. The molecule has 3 aromatic rings. The van der Waals surface area contributed by atoms with E-state index in [4.69, 9.17) is 14.2 Å². The van der Waals surface area contributed by atoms with Crippen LogP contribution in [0.4, 0.5) is 5.69 Å². The summed E-state index contributed by atoms with van der Waals surface area (Å²) in [4.78, 5) is 35.6. The number of carbonyl (C=O) groups excluding carboxylic acids is 2. The highest BCUT2D eigenvalue weighted by Gasteiger charge is 2.19. The lowest BCUT2D eigenvalue weighted by molar-refractivity contribution is -0.157. The van der Waals surface area contributed by atoms with E-state index in [1.54, 1.807) is 24.3 Å². The van der Waals surface area contributed by atoms with Crippen molar-refractivity contribution in [1.82, 2.24) is 14.9 Å². The van der Waals surface area contributed by atoms with E-state index in [-0.39, 0.29) is 18.5 Å². The van der Waals surface area contributed by atoms with E-state index >= 15 is 0 Å². The molecular formula is C28H32N4O5. The number of rotatable bonds is 9. The van der Waals surface area contributed by atoms with Gasteiger partial charge in [0.25, 0.3) is 5.91 Å². The van der Waals surface area contributed by atoms with Gasteiger partial charge in [-0.15, -0.1) is 0 Å². The Bertz CT molecular complexity index is 1200. The molecule has 0 radical (unpaired) electrons. The third kappa shape index (κ3) is 8.01. The maximum atomic E-state index is 12.8. The van der Waals surface area contributed by atoms with Crippen LogP contribution in [-0.2, 0) is 16.1 Å². The third-order valence-electron chi connectivity index (χ3n) is 5.52. The topological polar surface area (TPSA) is 103 Å². The van der Waals surface area contributed by atoms with Crippen LogP contribution in [0.1, 0.15) is 49.5 Å². The van der Waals surface area contributed by atoms with Crippen molar-refractivity contribution in [2.75, 3.05) is 25.0 Å². The van der Waals surface area contributed by atoms with E-state index in [9.17, 15) is 9.59 Å². The number of aromatic nitrogens is 2. The van der Waals surface area contributed by atoms with Crippen LogP contribution in [0.25, 0.3) is 0 Å². The molecule has 0 unspecified atom stereocenters.